The summed E-state index contributed by atoms with van der Waals surface area (Å²) >= 11 is 1.57. The van der Waals surface area contributed by atoms with E-state index in [2.05, 4.69) is 4.98 Å². The van der Waals surface area contributed by atoms with Crippen LogP contribution in [0.3, 0.4) is 0 Å². The number of hydrogen-bond donors (Lipinski definition) is 1. The fourth-order valence-electron chi connectivity index (χ4n) is 1.37. The van der Waals surface area contributed by atoms with E-state index in [0.29, 0.717) is 18.0 Å². The molecule has 0 aliphatic carbocycles. The molecule has 3 nitrogen and oxygen atoms in total. The Morgan fingerprint density at radius 2 is 2.18 bits per heavy atom. The van der Waals surface area contributed by atoms with E-state index in [1.54, 1.807) is 11.3 Å². The van der Waals surface area contributed by atoms with Crippen LogP contribution < -0.4 is 10.5 Å². The fraction of sp³-hybridized carbons (Fsp3) is 0.250. The Kier molecular flexibility index (Phi) is 3.28. The van der Waals surface area contributed by atoms with Gasteiger partial charge in [-0.25, -0.2) is 9.37 Å². The van der Waals surface area contributed by atoms with E-state index < -0.39 is 0 Å². The van der Waals surface area contributed by atoms with Crippen molar-refractivity contribution < 1.29 is 9.13 Å². The standard InChI is InChI=1S/C12H13FN2OS/c1-7-8(2)17-12(15-7)6-16-11-5-9(13)3-4-10(11)14/h3-5H,6,14H2,1-2H3. The molecule has 0 unspecified atom stereocenters. The number of thiazole rings is 1. The molecule has 0 saturated carbocycles. The van der Waals surface area contributed by atoms with Crippen LogP contribution in [0, 0.1) is 19.7 Å². The van der Waals surface area contributed by atoms with Crippen molar-refractivity contribution in [2.24, 2.45) is 0 Å². The molecular formula is C12H13FN2OS. The van der Waals surface area contributed by atoms with Crippen molar-refractivity contribution >= 4 is 17.0 Å². The second-order valence-electron chi connectivity index (χ2n) is 3.72. The molecule has 0 saturated heterocycles. The summed E-state index contributed by atoms with van der Waals surface area (Å²) in [6.45, 7) is 4.27. The first kappa shape index (κ1) is 11.9. The van der Waals surface area contributed by atoms with E-state index in [1.807, 2.05) is 13.8 Å². The molecule has 1 heterocycles. The fourth-order valence-corrected chi connectivity index (χ4v) is 2.22. The molecule has 0 fully saturated rings. The SMILES string of the molecule is Cc1nc(COc2cc(F)ccc2N)sc1C. The van der Waals surface area contributed by atoms with E-state index in [1.165, 1.54) is 18.2 Å². The highest BCUT2D eigenvalue weighted by Gasteiger charge is 2.06. The highest BCUT2D eigenvalue weighted by atomic mass is 32.1. The van der Waals surface area contributed by atoms with Gasteiger partial charge in [-0.1, -0.05) is 0 Å². The number of anilines is 1. The van der Waals surface area contributed by atoms with Crippen LogP contribution in [0.4, 0.5) is 10.1 Å². The van der Waals surface area contributed by atoms with Gasteiger partial charge in [-0.15, -0.1) is 11.3 Å². The Bertz CT molecular complexity index is 520. The van der Waals surface area contributed by atoms with Crippen LogP contribution in [0.5, 0.6) is 5.75 Å². The normalized spacial score (nSPS) is 10.5. The molecule has 1 aromatic heterocycles. The largest absolute Gasteiger partial charge is 0.484 e. The first-order chi connectivity index (χ1) is 8.06. The van der Waals surface area contributed by atoms with Crippen molar-refractivity contribution in [3.8, 4) is 5.75 Å². The summed E-state index contributed by atoms with van der Waals surface area (Å²) in [6, 6.07) is 4.07. The number of halogens is 1. The van der Waals surface area contributed by atoms with Gasteiger partial charge in [0, 0.05) is 10.9 Å². The van der Waals surface area contributed by atoms with Crippen LogP contribution in [0.25, 0.3) is 0 Å². The maximum absolute atomic E-state index is 13.0. The number of aryl methyl sites for hydroxylation is 2. The second kappa shape index (κ2) is 4.71. The molecule has 0 aliphatic rings. The van der Waals surface area contributed by atoms with Gasteiger partial charge >= 0.3 is 0 Å². The second-order valence-corrected chi connectivity index (χ2v) is 5.01. The molecule has 2 aromatic rings. The number of rotatable bonds is 3. The molecule has 0 bridgehead atoms. The van der Waals surface area contributed by atoms with Gasteiger partial charge in [-0.05, 0) is 26.0 Å². The Hall–Kier alpha value is -1.62. The molecule has 2 N–H and O–H groups in total. The van der Waals surface area contributed by atoms with Gasteiger partial charge in [0.25, 0.3) is 0 Å². The molecular weight excluding hydrogens is 239 g/mol. The monoisotopic (exact) mass is 252 g/mol. The number of hydrogen-bond acceptors (Lipinski definition) is 4. The van der Waals surface area contributed by atoms with Gasteiger partial charge < -0.3 is 10.5 Å². The molecule has 17 heavy (non-hydrogen) atoms. The highest BCUT2D eigenvalue weighted by Crippen LogP contribution is 2.24. The van der Waals surface area contributed by atoms with Crippen molar-refractivity contribution in [1.29, 1.82) is 0 Å². The third kappa shape index (κ3) is 2.74. The van der Waals surface area contributed by atoms with Crippen molar-refractivity contribution in [3.05, 3.63) is 39.6 Å². The average Bonchev–Trinajstić information content (AvgIpc) is 2.60. The summed E-state index contributed by atoms with van der Waals surface area (Å²) in [6.07, 6.45) is 0. The quantitative estimate of drug-likeness (QED) is 0.854. The Morgan fingerprint density at radius 1 is 1.41 bits per heavy atom. The Morgan fingerprint density at radius 3 is 2.82 bits per heavy atom. The molecule has 0 spiro atoms. The molecule has 0 atom stereocenters. The van der Waals surface area contributed by atoms with Crippen LogP contribution in [0.15, 0.2) is 18.2 Å². The summed E-state index contributed by atoms with van der Waals surface area (Å²) in [5.74, 6) is -0.00351. The molecule has 90 valence electrons. The number of nitrogen functional groups attached to an aromatic ring is 1. The van der Waals surface area contributed by atoms with Crippen LogP contribution in [0.2, 0.25) is 0 Å². The molecule has 2 rings (SSSR count). The topological polar surface area (TPSA) is 48.1 Å². The minimum Gasteiger partial charge on any atom is -0.484 e. The van der Waals surface area contributed by atoms with Gasteiger partial charge in [-0.2, -0.15) is 0 Å². The van der Waals surface area contributed by atoms with E-state index >= 15 is 0 Å². The third-order valence-electron chi connectivity index (χ3n) is 2.40. The van der Waals surface area contributed by atoms with E-state index in [4.69, 9.17) is 10.5 Å². The van der Waals surface area contributed by atoms with Crippen molar-refractivity contribution in [3.63, 3.8) is 0 Å². The van der Waals surface area contributed by atoms with Crippen LogP contribution in [-0.2, 0) is 6.61 Å². The van der Waals surface area contributed by atoms with Gasteiger partial charge in [0.1, 0.15) is 23.2 Å². The van der Waals surface area contributed by atoms with Gasteiger partial charge in [-0.3, -0.25) is 0 Å². The minimum atomic E-state index is -0.360. The third-order valence-corrected chi connectivity index (χ3v) is 3.45. The van der Waals surface area contributed by atoms with Crippen molar-refractivity contribution in [1.82, 2.24) is 4.98 Å². The Labute approximate surface area is 103 Å². The van der Waals surface area contributed by atoms with Gasteiger partial charge in [0.2, 0.25) is 0 Å². The summed E-state index contributed by atoms with van der Waals surface area (Å²) in [5, 5.41) is 0.865. The van der Waals surface area contributed by atoms with Crippen LogP contribution >= 0.6 is 11.3 Å². The number of nitrogens with two attached hydrogens (primary N) is 1. The summed E-state index contributed by atoms with van der Waals surface area (Å²) in [4.78, 5) is 5.50. The number of nitrogens with zero attached hydrogens (tertiary/aromatic N) is 1. The average molecular weight is 252 g/mol. The van der Waals surface area contributed by atoms with Crippen LogP contribution in [-0.4, -0.2) is 4.98 Å². The van der Waals surface area contributed by atoms with Gasteiger partial charge in [0.05, 0.1) is 11.4 Å². The smallest absolute Gasteiger partial charge is 0.145 e. The summed E-state index contributed by atoms with van der Waals surface area (Å²) in [5.41, 5.74) is 7.11. The molecule has 0 amide bonds. The number of aromatic nitrogens is 1. The maximum Gasteiger partial charge on any atom is 0.145 e. The lowest BCUT2D eigenvalue weighted by Crippen LogP contribution is -1.99. The number of benzene rings is 1. The minimum absolute atomic E-state index is 0.312. The zero-order valence-corrected chi connectivity index (χ0v) is 10.5. The predicted molar refractivity (Wildman–Crippen MR) is 66.7 cm³/mol. The zero-order chi connectivity index (χ0) is 12.4. The lowest BCUT2D eigenvalue weighted by atomic mass is 10.3. The first-order valence-electron chi connectivity index (χ1n) is 5.17. The van der Waals surface area contributed by atoms with E-state index in [-0.39, 0.29) is 5.82 Å². The highest BCUT2D eigenvalue weighted by molar-refractivity contribution is 7.11. The summed E-state index contributed by atoms with van der Waals surface area (Å²) < 4.78 is 18.4. The molecule has 0 aliphatic heterocycles. The Balaban J connectivity index is 2.09. The summed E-state index contributed by atoms with van der Waals surface area (Å²) in [7, 11) is 0. The zero-order valence-electron chi connectivity index (χ0n) is 9.66. The predicted octanol–water partition coefficient (Wildman–Crippen LogP) is 3.06. The molecule has 0 radical (unpaired) electrons. The van der Waals surface area contributed by atoms with Crippen LogP contribution in [0.1, 0.15) is 15.6 Å². The lowest BCUT2D eigenvalue weighted by Gasteiger charge is -2.06. The van der Waals surface area contributed by atoms with E-state index in [0.717, 1.165) is 15.6 Å². The van der Waals surface area contributed by atoms with Gasteiger partial charge in [0.15, 0.2) is 0 Å². The first-order valence-corrected chi connectivity index (χ1v) is 5.98. The van der Waals surface area contributed by atoms with E-state index in [9.17, 15) is 4.39 Å². The molecule has 1 aromatic carbocycles. The number of ether oxygens (including phenoxy) is 1. The lowest BCUT2D eigenvalue weighted by molar-refractivity contribution is 0.305. The molecule has 5 heteroatoms. The van der Waals surface area contributed by atoms with Crippen molar-refractivity contribution in [2.45, 2.75) is 20.5 Å². The van der Waals surface area contributed by atoms with Crippen molar-refractivity contribution in [2.75, 3.05) is 5.73 Å². The maximum atomic E-state index is 13.0.